The van der Waals surface area contributed by atoms with E-state index in [2.05, 4.69) is 5.32 Å². The Balaban J connectivity index is 2.26. The summed E-state index contributed by atoms with van der Waals surface area (Å²) in [4.78, 5) is 23.6. The molecule has 1 aromatic heterocycles. The van der Waals surface area contributed by atoms with Crippen LogP contribution in [0.2, 0.25) is 0 Å². The summed E-state index contributed by atoms with van der Waals surface area (Å²) in [5.74, 6) is -2.40. The summed E-state index contributed by atoms with van der Waals surface area (Å²) in [6.07, 6.45) is 1.01. The van der Waals surface area contributed by atoms with Gasteiger partial charge < -0.3 is 9.88 Å². The Hall–Kier alpha value is -2.59. The van der Waals surface area contributed by atoms with Crippen molar-refractivity contribution in [1.29, 1.82) is 0 Å². The van der Waals surface area contributed by atoms with Crippen molar-refractivity contribution in [2.24, 2.45) is 0 Å². The number of halogens is 2. The van der Waals surface area contributed by atoms with Crippen LogP contribution in [0.3, 0.4) is 0 Å². The molecule has 0 radical (unpaired) electrons. The molecular formula is C15H15F2N3O4S. The van der Waals surface area contributed by atoms with Gasteiger partial charge in [-0.3, -0.25) is 9.59 Å². The van der Waals surface area contributed by atoms with Crippen molar-refractivity contribution in [2.45, 2.75) is 11.4 Å². The third-order valence-electron chi connectivity index (χ3n) is 3.25. The van der Waals surface area contributed by atoms with Gasteiger partial charge in [0.2, 0.25) is 15.9 Å². The van der Waals surface area contributed by atoms with E-state index in [0.29, 0.717) is 0 Å². The van der Waals surface area contributed by atoms with Crippen LogP contribution in [0, 0.1) is 11.6 Å². The van der Waals surface area contributed by atoms with Crippen LogP contribution in [0.25, 0.3) is 0 Å². The molecule has 1 aromatic carbocycles. The van der Waals surface area contributed by atoms with Crippen LogP contribution in [-0.4, -0.2) is 37.3 Å². The molecule has 0 aliphatic rings. The first-order valence-corrected chi connectivity index (χ1v) is 8.43. The van der Waals surface area contributed by atoms with Crippen LogP contribution in [0.4, 0.5) is 14.5 Å². The van der Waals surface area contributed by atoms with Gasteiger partial charge in [0, 0.05) is 32.4 Å². The third-order valence-corrected chi connectivity index (χ3v) is 5.05. The number of hydrogen-bond acceptors (Lipinski definition) is 4. The summed E-state index contributed by atoms with van der Waals surface area (Å²) in [6, 6.07) is 4.67. The Kier molecular flexibility index (Phi) is 5.33. The molecule has 1 heterocycles. The summed E-state index contributed by atoms with van der Waals surface area (Å²) >= 11 is 0. The first-order valence-electron chi connectivity index (χ1n) is 6.99. The number of carbonyl (C=O) groups is 1. The van der Waals surface area contributed by atoms with E-state index in [4.69, 9.17) is 0 Å². The standard InChI is InChI=1S/C15H15F2N3O4S/c1-19(2)25(23,24)11-4-6-15(22)20(8-11)9-14(21)18-13-7-10(16)3-5-12(13)17/h3-8H,9H2,1-2H3,(H,18,21). The fourth-order valence-corrected chi connectivity index (χ4v) is 2.86. The Bertz CT molecular complexity index is 971. The van der Waals surface area contributed by atoms with Crippen molar-refractivity contribution in [3.63, 3.8) is 0 Å². The lowest BCUT2D eigenvalue weighted by atomic mass is 10.3. The van der Waals surface area contributed by atoms with Crippen LogP contribution in [-0.2, 0) is 21.4 Å². The van der Waals surface area contributed by atoms with Gasteiger partial charge in [-0.05, 0) is 18.2 Å². The number of pyridine rings is 1. The normalized spacial score (nSPS) is 11.6. The van der Waals surface area contributed by atoms with Crippen molar-refractivity contribution in [1.82, 2.24) is 8.87 Å². The number of rotatable bonds is 5. The van der Waals surface area contributed by atoms with Crippen LogP contribution in [0.15, 0.2) is 46.2 Å². The van der Waals surface area contributed by atoms with E-state index in [9.17, 15) is 26.8 Å². The van der Waals surface area contributed by atoms with Crippen molar-refractivity contribution in [2.75, 3.05) is 19.4 Å². The summed E-state index contributed by atoms with van der Waals surface area (Å²) < 4.78 is 52.6. The van der Waals surface area contributed by atoms with E-state index in [0.717, 1.165) is 45.4 Å². The maximum Gasteiger partial charge on any atom is 0.251 e. The molecular weight excluding hydrogens is 356 g/mol. The number of sulfonamides is 1. The van der Waals surface area contributed by atoms with Gasteiger partial charge in [-0.1, -0.05) is 0 Å². The number of anilines is 1. The number of hydrogen-bond donors (Lipinski definition) is 1. The molecule has 1 amide bonds. The average molecular weight is 371 g/mol. The van der Waals surface area contributed by atoms with E-state index >= 15 is 0 Å². The zero-order chi connectivity index (χ0) is 18.8. The molecule has 10 heteroatoms. The van der Waals surface area contributed by atoms with Gasteiger partial charge in [-0.2, -0.15) is 0 Å². The molecule has 0 saturated carbocycles. The highest BCUT2D eigenvalue weighted by molar-refractivity contribution is 7.89. The van der Waals surface area contributed by atoms with Crippen molar-refractivity contribution >= 4 is 21.6 Å². The SMILES string of the molecule is CN(C)S(=O)(=O)c1ccc(=O)n(CC(=O)Nc2cc(F)ccc2F)c1. The molecule has 0 aliphatic carbocycles. The van der Waals surface area contributed by atoms with Gasteiger partial charge >= 0.3 is 0 Å². The number of benzene rings is 1. The van der Waals surface area contributed by atoms with E-state index in [-0.39, 0.29) is 10.6 Å². The minimum atomic E-state index is -3.79. The fourth-order valence-electron chi connectivity index (χ4n) is 1.93. The zero-order valence-corrected chi connectivity index (χ0v) is 14.2. The Morgan fingerprint density at radius 2 is 1.88 bits per heavy atom. The van der Waals surface area contributed by atoms with Crippen molar-refractivity contribution < 1.29 is 22.0 Å². The minimum Gasteiger partial charge on any atom is -0.322 e. The predicted octanol–water partition coefficient (Wildman–Crippen LogP) is 1.02. The quantitative estimate of drug-likeness (QED) is 0.850. The van der Waals surface area contributed by atoms with Gasteiger partial charge in [0.15, 0.2) is 0 Å². The number of amides is 1. The molecule has 0 spiro atoms. The molecule has 134 valence electrons. The van der Waals surface area contributed by atoms with Crippen molar-refractivity contribution in [3.8, 4) is 0 Å². The summed E-state index contributed by atoms with van der Waals surface area (Å²) in [5.41, 5.74) is -0.998. The second-order valence-electron chi connectivity index (χ2n) is 5.29. The largest absolute Gasteiger partial charge is 0.322 e. The molecule has 25 heavy (non-hydrogen) atoms. The smallest absolute Gasteiger partial charge is 0.251 e. The average Bonchev–Trinajstić information content (AvgIpc) is 2.52. The zero-order valence-electron chi connectivity index (χ0n) is 13.4. The maximum absolute atomic E-state index is 13.5. The molecule has 0 aliphatic heterocycles. The van der Waals surface area contributed by atoms with Crippen LogP contribution < -0.4 is 10.9 Å². The second kappa shape index (κ2) is 7.11. The fraction of sp³-hybridized carbons (Fsp3) is 0.200. The van der Waals surface area contributed by atoms with Gasteiger partial charge in [0.05, 0.1) is 10.6 Å². The Morgan fingerprint density at radius 1 is 1.20 bits per heavy atom. The van der Waals surface area contributed by atoms with E-state index in [1.165, 1.54) is 14.1 Å². The van der Waals surface area contributed by atoms with E-state index in [1.807, 2.05) is 0 Å². The molecule has 7 nitrogen and oxygen atoms in total. The molecule has 1 N–H and O–H groups in total. The summed E-state index contributed by atoms with van der Waals surface area (Å²) in [6.45, 7) is -0.564. The Morgan fingerprint density at radius 3 is 2.52 bits per heavy atom. The number of aromatic nitrogens is 1. The highest BCUT2D eigenvalue weighted by Gasteiger charge is 2.19. The lowest BCUT2D eigenvalue weighted by molar-refractivity contribution is -0.116. The van der Waals surface area contributed by atoms with Crippen molar-refractivity contribution in [3.05, 3.63) is 58.5 Å². The number of nitrogens with zero attached hydrogens (tertiary/aromatic N) is 2. The molecule has 0 atom stereocenters. The molecule has 0 fully saturated rings. The molecule has 0 bridgehead atoms. The summed E-state index contributed by atoms with van der Waals surface area (Å²) in [7, 11) is -1.14. The second-order valence-corrected chi connectivity index (χ2v) is 7.44. The highest BCUT2D eigenvalue weighted by Crippen LogP contribution is 2.15. The highest BCUT2D eigenvalue weighted by atomic mass is 32.2. The molecule has 0 unspecified atom stereocenters. The van der Waals surface area contributed by atoms with Crippen LogP contribution in [0.1, 0.15) is 0 Å². The molecule has 2 aromatic rings. The molecule has 0 saturated heterocycles. The van der Waals surface area contributed by atoms with E-state index < -0.39 is 39.7 Å². The predicted molar refractivity (Wildman–Crippen MR) is 86.6 cm³/mol. The van der Waals surface area contributed by atoms with Gasteiger partial charge in [-0.15, -0.1) is 0 Å². The molecule has 2 rings (SSSR count). The first kappa shape index (κ1) is 18.7. The Labute approximate surface area is 142 Å². The lowest BCUT2D eigenvalue weighted by Gasteiger charge is -2.13. The van der Waals surface area contributed by atoms with Gasteiger partial charge in [0.1, 0.15) is 18.2 Å². The van der Waals surface area contributed by atoms with Gasteiger partial charge in [0.25, 0.3) is 5.56 Å². The topological polar surface area (TPSA) is 88.5 Å². The summed E-state index contributed by atoms with van der Waals surface area (Å²) in [5, 5.41) is 2.13. The van der Waals surface area contributed by atoms with Crippen LogP contribution in [0.5, 0.6) is 0 Å². The van der Waals surface area contributed by atoms with Crippen LogP contribution >= 0.6 is 0 Å². The van der Waals surface area contributed by atoms with Gasteiger partial charge in [-0.25, -0.2) is 21.5 Å². The maximum atomic E-state index is 13.5. The number of nitrogens with one attached hydrogen (secondary N) is 1. The first-order chi connectivity index (χ1) is 11.6. The lowest BCUT2D eigenvalue weighted by Crippen LogP contribution is -2.29. The minimum absolute atomic E-state index is 0.179. The monoisotopic (exact) mass is 371 g/mol. The van der Waals surface area contributed by atoms with E-state index in [1.54, 1.807) is 0 Å². The number of carbonyl (C=O) groups excluding carboxylic acids is 1. The third kappa shape index (κ3) is 4.28.